The van der Waals surface area contributed by atoms with Crippen LogP contribution in [-0.2, 0) is 13.6 Å². The highest BCUT2D eigenvalue weighted by molar-refractivity contribution is 5.74. The lowest BCUT2D eigenvalue weighted by Gasteiger charge is -2.26. The topological polar surface area (TPSA) is 50.2 Å². The summed E-state index contributed by atoms with van der Waals surface area (Å²) in [4.78, 5) is 13.8. The van der Waals surface area contributed by atoms with Crippen molar-refractivity contribution in [1.82, 2.24) is 20.0 Å². The third-order valence-corrected chi connectivity index (χ3v) is 3.41. The lowest BCUT2D eigenvalue weighted by atomic mass is 10.1. The van der Waals surface area contributed by atoms with Crippen LogP contribution < -0.4 is 5.32 Å². The van der Waals surface area contributed by atoms with E-state index in [-0.39, 0.29) is 6.03 Å². The largest absolute Gasteiger partial charge is 0.334 e. The molecule has 1 aliphatic rings. The molecule has 0 bridgehead atoms. The molecular formula is C12H20N4O. The average Bonchev–Trinajstić information content (AvgIpc) is 2.68. The number of nitrogens with zero attached hydrogens (tertiary/aromatic N) is 3. The van der Waals surface area contributed by atoms with Crippen LogP contribution in [0.5, 0.6) is 0 Å². The Labute approximate surface area is 102 Å². The van der Waals surface area contributed by atoms with E-state index >= 15 is 0 Å². The van der Waals surface area contributed by atoms with Crippen molar-refractivity contribution in [2.24, 2.45) is 7.05 Å². The molecule has 0 spiro atoms. The molecule has 5 nitrogen and oxygen atoms in total. The van der Waals surface area contributed by atoms with Crippen LogP contribution in [0.15, 0.2) is 6.20 Å². The maximum atomic E-state index is 11.9. The van der Waals surface area contributed by atoms with Crippen molar-refractivity contribution >= 4 is 6.03 Å². The Morgan fingerprint density at radius 3 is 2.71 bits per heavy atom. The quantitative estimate of drug-likeness (QED) is 0.844. The third-order valence-electron chi connectivity index (χ3n) is 3.41. The second-order valence-electron chi connectivity index (χ2n) is 4.59. The van der Waals surface area contributed by atoms with Crippen LogP contribution in [0.4, 0.5) is 4.79 Å². The molecule has 1 fully saturated rings. The van der Waals surface area contributed by atoms with Gasteiger partial charge in [0.1, 0.15) is 0 Å². The molecule has 0 radical (unpaired) electrons. The standard InChI is InChI=1S/C12H20N4O/c1-10-11(9-14-15(10)2)8-13-12(17)16-6-4-3-5-7-16/h9H,3-8H2,1-2H3,(H,13,17). The van der Waals surface area contributed by atoms with Crippen LogP contribution >= 0.6 is 0 Å². The molecule has 5 heteroatoms. The predicted molar refractivity (Wildman–Crippen MR) is 65.6 cm³/mol. The summed E-state index contributed by atoms with van der Waals surface area (Å²) in [7, 11) is 1.91. The van der Waals surface area contributed by atoms with E-state index in [0.29, 0.717) is 6.54 Å². The fraction of sp³-hybridized carbons (Fsp3) is 0.667. The smallest absolute Gasteiger partial charge is 0.317 e. The van der Waals surface area contributed by atoms with Crippen LogP contribution in [0.3, 0.4) is 0 Å². The highest BCUT2D eigenvalue weighted by Crippen LogP contribution is 2.09. The van der Waals surface area contributed by atoms with Gasteiger partial charge >= 0.3 is 6.03 Å². The number of aryl methyl sites for hydroxylation is 1. The van der Waals surface area contributed by atoms with Crippen molar-refractivity contribution in [3.63, 3.8) is 0 Å². The normalized spacial score (nSPS) is 16.0. The first-order valence-corrected chi connectivity index (χ1v) is 6.18. The summed E-state index contributed by atoms with van der Waals surface area (Å²) in [5, 5.41) is 7.11. The number of amides is 2. The summed E-state index contributed by atoms with van der Waals surface area (Å²) in [5.74, 6) is 0. The third kappa shape index (κ3) is 2.78. The van der Waals surface area contributed by atoms with Gasteiger partial charge in [-0.05, 0) is 26.2 Å². The minimum Gasteiger partial charge on any atom is -0.334 e. The number of carbonyl (C=O) groups is 1. The predicted octanol–water partition coefficient (Wildman–Crippen LogP) is 1.42. The molecule has 0 saturated carbocycles. The van der Waals surface area contributed by atoms with Crippen molar-refractivity contribution in [2.75, 3.05) is 13.1 Å². The lowest BCUT2D eigenvalue weighted by Crippen LogP contribution is -2.42. The zero-order valence-electron chi connectivity index (χ0n) is 10.6. The number of piperidine rings is 1. The second kappa shape index (κ2) is 5.21. The number of aromatic nitrogens is 2. The summed E-state index contributed by atoms with van der Waals surface area (Å²) in [6, 6.07) is 0.0490. The number of likely N-dealkylation sites (tertiary alicyclic amines) is 1. The van der Waals surface area contributed by atoms with Crippen LogP contribution in [0, 0.1) is 6.92 Å². The fourth-order valence-electron chi connectivity index (χ4n) is 2.10. The Bertz CT molecular complexity index is 393. The molecule has 1 N–H and O–H groups in total. The summed E-state index contributed by atoms with van der Waals surface area (Å²) in [6.45, 7) is 4.35. The molecule has 0 atom stereocenters. The van der Waals surface area contributed by atoms with E-state index in [1.54, 1.807) is 0 Å². The monoisotopic (exact) mass is 236 g/mol. The van der Waals surface area contributed by atoms with Gasteiger partial charge in [-0.25, -0.2) is 4.79 Å². The molecule has 1 aromatic rings. The summed E-state index contributed by atoms with van der Waals surface area (Å²) in [5.41, 5.74) is 2.18. The van der Waals surface area contributed by atoms with Crippen molar-refractivity contribution in [2.45, 2.75) is 32.7 Å². The van der Waals surface area contributed by atoms with Gasteiger partial charge in [-0.3, -0.25) is 4.68 Å². The van der Waals surface area contributed by atoms with Gasteiger partial charge < -0.3 is 10.2 Å². The van der Waals surface area contributed by atoms with Gasteiger partial charge in [-0.2, -0.15) is 5.10 Å². The van der Waals surface area contributed by atoms with Gasteiger partial charge in [0.05, 0.1) is 6.20 Å². The van der Waals surface area contributed by atoms with Gasteiger partial charge in [-0.15, -0.1) is 0 Å². The Morgan fingerprint density at radius 2 is 2.12 bits per heavy atom. The zero-order valence-corrected chi connectivity index (χ0v) is 10.6. The Balaban J connectivity index is 1.85. The van der Waals surface area contributed by atoms with Crippen molar-refractivity contribution in [3.8, 4) is 0 Å². The highest BCUT2D eigenvalue weighted by Gasteiger charge is 2.16. The number of urea groups is 1. The molecule has 0 aliphatic carbocycles. The lowest BCUT2D eigenvalue weighted by molar-refractivity contribution is 0.186. The average molecular weight is 236 g/mol. The number of nitrogens with one attached hydrogen (secondary N) is 1. The van der Waals surface area contributed by atoms with Gasteiger partial charge in [-0.1, -0.05) is 0 Å². The van der Waals surface area contributed by atoms with Gasteiger partial charge in [0.25, 0.3) is 0 Å². The Hall–Kier alpha value is -1.52. The first-order chi connectivity index (χ1) is 8.18. The number of carbonyl (C=O) groups excluding carboxylic acids is 1. The number of hydrogen-bond acceptors (Lipinski definition) is 2. The molecule has 94 valence electrons. The first-order valence-electron chi connectivity index (χ1n) is 6.18. The maximum absolute atomic E-state index is 11.9. The minimum absolute atomic E-state index is 0.0490. The summed E-state index contributed by atoms with van der Waals surface area (Å²) in [6.07, 6.45) is 5.30. The van der Waals surface area contributed by atoms with E-state index < -0.39 is 0 Å². The molecule has 2 rings (SSSR count). The van der Waals surface area contributed by atoms with Gasteiger partial charge in [0.2, 0.25) is 0 Å². The van der Waals surface area contributed by atoms with E-state index in [1.165, 1.54) is 6.42 Å². The van der Waals surface area contributed by atoms with E-state index in [0.717, 1.165) is 37.2 Å². The van der Waals surface area contributed by atoms with E-state index in [4.69, 9.17) is 0 Å². The zero-order chi connectivity index (χ0) is 12.3. The molecule has 17 heavy (non-hydrogen) atoms. The van der Waals surface area contributed by atoms with Crippen molar-refractivity contribution in [1.29, 1.82) is 0 Å². The van der Waals surface area contributed by atoms with Crippen LogP contribution in [0.1, 0.15) is 30.5 Å². The number of hydrogen-bond donors (Lipinski definition) is 1. The first kappa shape index (κ1) is 12.0. The Kier molecular flexibility index (Phi) is 3.66. The van der Waals surface area contributed by atoms with Crippen LogP contribution in [0.2, 0.25) is 0 Å². The molecule has 1 saturated heterocycles. The molecular weight excluding hydrogens is 216 g/mol. The highest BCUT2D eigenvalue weighted by atomic mass is 16.2. The van der Waals surface area contributed by atoms with Gasteiger partial charge in [0, 0.05) is 37.9 Å². The Morgan fingerprint density at radius 1 is 1.41 bits per heavy atom. The summed E-state index contributed by atoms with van der Waals surface area (Å²) >= 11 is 0. The van der Waals surface area contributed by atoms with E-state index in [2.05, 4.69) is 10.4 Å². The fourth-order valence-corrected chi connectivity index (χ4v) is 2.10. The molecule has 2 heterocycles. The van der Waals surface area contributed by atoms with Crippen molar-refractivity contribution < 1.29 is 4.79 Å². The van der Waals surface area contributed by atoms with E-state index in [9.17, 15) is 4.79 Å². The van der Waals surface area contributed by atoms with E-state index in [1.807, 2.05) is 29.7 Å². The minimum atomic E-state index is 0.0490. The molecule has 0 unspecified atom stereocenters. The van der Waals surface area contributed by atoms with Gasteiger partial charge in [0.15, 0.2) is 0 Å². The molecule has 2 amide bonds. The van der Waals surface area contributed by atoms with Crippen LogP contribution in [0.25, 0.3) is 0 Å². The summed E-state index contributed by atoms with van der Waals surface area (Å²) < 4.78 is 1.82. The number of rotatable bonds is 2. The second-order valence-corrected chi connectivity index (χ2v) is 4.59. The molecule has 1 aliphatic heterocycles. The molecule has 0 aromatic carbocycles. The SMILES string of the molecule is Cc1c(CNC(=O)N2CCCCC2)cnn1C. The maximum Gasteiger partial charge on any atom is 0.317 e. The molecule has 1 aromatic heterocycles. The van der Waals surface area contributed by atoms with Crippen molar-refractivity contribution in [3.05, 3.63) is 17.5 Å². The van der Waals surface area contributed by atoms with Crippen LogP contribution in [-0.4, -0.2) is 33.8 Å².